The Morgan fingerprint density at radius 1 is 1.22 bits per heavy atom. The standard InChI is InChI=1S/C14H21NO3/c1-5-15(2)14(16)9-7-11-6-8-12(17-3)13(10-11)18-4/h6,8,10H,5,7,9H2,1-4H3. The molecule has 0 saturated carbocycles. The fourth-order valence-electron chi connectivity index (χ4n) is 1.65. The van der Waals surface area contributed by atoms with E-state index in [2.05, 4.69) is 0 Å². The Labute approximate surface area is 108 Å². The van der Waals surface area contributed by atoms with Gasteiger partial charge < -0.3 is 14.4 Å². The summed E-state index contributed by atoms with van der Waals surface area (Å²) in [6.45, 7) is 2.71. The first-order valence-electron chi connectivity index (χ1n) is 6.07. The highest BCUT2D eigenvalue weighted by Gasteiger charge is 2.09. The molecule has 18 heavy (non-hydrogen) atoms. The second kappa shape index (κ2) is 6.89. The van der Waals surface area contributed by atoms with Crippen LogP contribution in [0, 0.1) is 0 Å². The number of hydrogen-bond acceptors (Lipinski definition) is 3. The molecule has 0 bridgehead atoms. The Morgan fingerprint density at radius 2 is 1.89 bits per heavy atom. The number of nitrogens with zero attached hydrogens (tertiary/aromatic N) is 1. The average Bonchev–Trinajstić information content (AvgIpc) is 2.43. The summed E-state index contributed by atoms with van der Waals surface area (Å²) >= 11 is 0. The summed E-state index contributed by atoms with van der Waals surface area (Å²) in [5.41, 5.74) is 1.07. The zero-order valence-corrected chi connectivity index (χ0v) is 11.5. The number of amides is 1. The quantitative estimate of drug-likeness (QED) is 0.777. The molecule has 0 aliphatic carbocycles. The van der Waals surface area contributed by atoms with Gasteiger partial charge in [0.1, 0.15) is 0 Å². The second-order valence-electron chi connectivity index (χ2n) is 4.10. The van der Waals surface area contributed by atoms with Crippen LogP contribution in [0.5, 0.6) is 11.5 Å². The summed E-state index contributed by atoms with van der Waals surface area (Å²) in [5, 5.41) is 0. The molecule has 0 fully saturated rings. The van der Waals surface area contributed by atoms with E-state index < -0.39 is 0 Å². The van der Waals surface area contributed by atoms with Gasteiger partial charge in [0.25, 0.3) is 0 Å². The third-order valence-corrected chi connectivity index (χ3v) is 2.98. The lowest BCUT2D eigenvalue weighted by molar-refractivity contribution is -0.129. The zero-order valence-electron chi connectivity index (χ0n) is 11.5. The first kappa shape index (κ1) is 14.4. The summed E-state index contributed by atoms with van der Waals surface area (Å²) in [5.74, 6) is 1.57. The lowest BCUT2D eigenvalue weighted by Gasteiger charge is -2.14. The maximum absolute atomic E-state index is 11.7. The fourth-order valence-corrected chi connectivity index (χ4v) is 1.65. The maximum atomic E-state index is 11.7. The molecule has 100 valence electrons. The first-order valence-corrected chi connectivity index (χ1v) is 6.07. The van der Waals surface area contributed by atoms with E-state index in [1.165, 1.54) is 0 Å². The molecule has 0 spiro atoms. The molecule has 4 nitrogen and oxygen atoms in total. The predicted octanol–water partition coefficient (Wildman–Crippen LogP) is 2.11. The number of aryl methyl sites for hydroxylation is 1. The largest absolute Gasteiger partial charge is 0.493 e. The molecule has 0 saturated heterocycles. The second-order valence-corrected chi connectivity index (χ2v) is 4.10. The van der Waals surface area contributed by atoms with Crippen LogP contribution in [0.25, 0.3) is 0 Å². The Hall–Kier alpha value is -1.71. The summed E-state index contributed by atoms with van der Waals surface area (Å²) < 4.78 is 10.4. The number of ether oxygens (including phenoxy) is 2. The Bertz CT molecular complexity index is 404. The first-order chi connectivity index (χ1) is 8.62. The van der Waals surface area contributed by atoms with Gasteiger partial charge in [-0.1, -0.05) is 6.07 Å². The molecular formula is C14H21NO3. The van der Waals surface area contributed by atoms with Gasteiger partial charge in [0.2, 0.25) is 5.91 Å². The molecule has 0 aliphatic rings. The smallest absolute Gasteiger partial charge is 0.222 e. The van der Waals surface area contributed by atoms with Gasteiger partial charge in [0.15, 0.2) is 11.5 Å². The van der Waals surface area contributed by atoms with Crippen molar-refractivity contribution in [1.82, 2.24) is 4.90 Å². The van der Waals surface area contributed by atoms with Crippen molar-refractivity contribution in [3.8, 4) is 11.5 Å². The van der Waals surface area contributed by atoms with Crippen LogP contribution < -0.4 is 9.47 Å². The van der Waals surface area contributed by atoms with Gasteiger partial charge in [-0.3, -0.25) is 4.79 Å². The summed E-state index contributed by atoms with van der Waals surface area (Å²) in [6.07, 6.45) is 1.23. The Balaban J connectivity index is 2.66. The lowest BCUT2D eigenvalue weighted by atomic mass is 10.1. The topological polar surface area (TPSA) is 38.8 Å². The van der Waals surface area contributed by atoms with Crippen molar-refractivity contribution in [2.75, 3.05) is 27.8 Å². The number of carbonyl (C=O) groups is 1. The lowest BCUT2D eigenvalue weighted by Crippen LogP contribution is -2.26. The van der Waals surface area contributed by atoms with Gasteiger partial charge in [0.05, 0.1) is 14.2 Å². The fraction of sp³-hybridized carbons (Fsp3) is 0.500. The molecule has 0 aliphatic heterocycles. The van der Waals surface area contributed by atoms with Crippen molar-refractivity contribution in [1.29, 1.82) is 0 Å². The van der Waals surface area contributed by atoms with Crippen molar-refractivity contribution in [2.24, 2.45) is 0 Å². The molecule has 0 aromatic heterocycles. The van der Waals surface area contributed by atoms with Crippen LogP contribution in [-0.2, 0) is 11.2 Å². The molecule has 1 amide bonds. The zero-order chi connectivity index (χ0) is 13.5. The van der Waals surface area contributed by atoms with Crippen LogP contribution in [0.2, 0.25) is 0 Å². The third kappa shape index (κ3) is 3.65. The molecule has 0 unspecified atom stereocenters. The molecule has 0 radical (unpaired) electrons. The number of rotatable bonds is 6. The van der Waals surface area contributed by atoms with E-state index in [1.807, 2.05) is 32.2 Å². The minimum absolute atomic E-state index is 0.160. The van der Waals surface area contributed by atoms with Gasteiger partial charge in [-0.15, -0.1) is 0 Å². The van der Waals surface area contributed by atoms with E-state index in [1.54, 1.807) is 19.1 Å². The minimum Gasteiger partial charge on any atom is -0.493 e. The Kier molecular flexibility index (Phi) is 5.49. The van der Waals surface area contributed by atoms with E-state index in [9.17, 15) is 4.79 Å². The molecular weight excluding hydrogens is 230 g/mol. The van der Waals surface area contributed by atoms with E-state index in [4.69, 9.17) is 9.47 Å². The van der Waals surface area contributed by atoms with Crippen molar-refractivity contribution >= 4 is 5.91 Å². The van der Waals surface area contributed by atoms with Crippen LogP contribution in [0.15, 0.2) is 18.2 Å². The number of methoxy groups -OCH3 is 2. The van der Waals surface area contributed by atoms with Gasteiger partial charge in [0, 0.05) is 20.0 Å². The Morgan fingerprint density at radius 3 is 2.44 bits per heavy atom. The van der Waals surface area contributed by atoms with Crippen molar-refractivity contribution in [2.45, 2.75) is 19.8 Å². The van der Waals surface area contributed by atoms with Crippen molar-refractivity contribution in [3.63, 3.8) is 0 Å². The highest BCUT2D eigenvalue weighted by atomic mass is 16.5. The molecule has 1 rings (SSSR count). The molecule has 1 aromatic carbocycles. The van der Waals surface area contributed by atoms with Crippen LogP contribution >= 0.6 is 0 Å². The minimum atomic E-state index is 0.160. The summed E-state index contributed by atoms with van der Waals surface area (Å²) in [4.78, 5) is 13.4. The molecule has 1 aromatic rings. The van der Waals surface area contributed by atoms with Crippen molar-refractivity contribution in [3.05, 3.63) is 23.8 Å². The molecule has 4 heteroatoms. The highest BCUT2D eigenvalue weighted by Crippen LogP contribution is 2.27. The molecule has 0 atom stereocenters. The maximum Gasteiger partial charge on any atom is 0.222 e. The van der Waals surface area contributed by atoms with Crippen LogP contribution in [0.3, 0.4) is 0 Å². The van der Waals surface area contributed by atoms with E-state index >= 15 is 0 Å². The highest BCUT2D eigenvalue weighted by molar-refractivity contribution is 5.76. The van der Waals surface area contributed by atoms with E-state index in [0.717, 1.165) is 12.1 Å². The van der Waals surface area contributed by atoms with Crippen molar-refractivity contribution < 1.29 is 14.3 Å². The van der Waals surface area contributed by atoms with Gasteiger partial charge in [-0.05, 0) is 31.0 Å². The van der Waals surface area contributed by atoms with Gasteiger partial charge in [-0.25, -0.2) is 0 Å². The molecule has 0 N–H and O–H groups in total. The van der Waals surface area contributed by atoms with Gasteiger partial charge >= 0.3 is 0 Å². The van der Waals surface area contributed by atoms with E-state index in [0.29, 0.717) is 24.3 Å². The number of hydrogen-bond donors (Lipinski definition) is 0. The number of carbonyl (C=O) groups excluding carboxylic acids is 1. The summed E-state index contributed by atoms with van der Waals surface area (Å²) in [7, 11) is 5.03. The van der Waals surface area contributed by atoms with Crippen LogP contribution in [-0.4, -0.2) is 38.6 Å². The normalized spacial score (nSPS) is 10.0. The third-order valence-electron chi connectivity index (χ3n) is 2.98. The average molecular weight is 251 g/mol. The monoisotopic (exact) mass is 251 g/mol. The van der Waals surface area contributed by atoms with Crippen LogP contribution in [0.1, 0.15) is 18.9 Å². The SMILES string of the molecule is CCN(C)C(=O)CCc1ccc(OC)c(OC)c1. The molecule has 0 heterocycles. The summed E-state index contributed by atoms with van der Waals surface area (Å²) in [6, 6.07) is 5.74. The van der Waals surface area contributed by atoms with E-state index in [-0.39, 0.29) is 5.91 Å². The predicted molar refractivity (Wildman–Crippen MR) is 71.2 cm³/mol. The van der Waals surface area contributed by atoms with Crippen LogP contribution in [0.4, 0.5) is 0 Å². The number of benzene rings is 1. The van der Waals surface area contributed by atoms with Gasteiger partial charge in [-0.2, -0.15) is 0 Å².